The van der Waals surface area contributed by atoms with Gasteiger partial charge in [0.15, 0.2) is 0 Å². The maximum atomic E-state index is 10.8. The van der Waals surface area contributed by atoms with Gasteiger partial charge in [0, 0.05) is 18.3 Å². The van der Waals surface area contributed by atoms with Crippen LogP contribution in [0.1, 0.15) is 26.7 Å². The van der Waals surface area contributed by atoms with Crippen molar-refractivity contribution in [2.24, 2.45) is 0 Å². The first kappa shape index (κ1) is 17.8. The molecule has 0 atom stereocenters. The number of thioether (sulfide) groups is 1. The molecule has 1 amide bonds. The van der Waals surface area contributed by atoms with E-state index in [9.17, 15) is 4.79 Å². The molecular weight excluding hydrogens is 274 g/mol. The molecule has 0 unspecified atom stereocenters. The molecule has 0 aromatic carbocycles. The van der Waals surface area contributed by atoms with E-state index in [2.05, 4.69) is 22.2 Å². The summed E-state index contributed by atoms with van der Waals surface area (Å²) in [6, 6.07) is 0. The van der Waals surface area contributed by atoms with E-state index in [1.807, 2.05) is 25.6 Å². The Hall–Kier alpha value is -0.300. The fourth-order valence-electron chi connectivity index (χ4n) is 2.36. The van der Waals surface area contributed by atoms with Crippen molar-refractivity contribution in [2.45, 2.75) is 37.5 Å². The third-order valence-corrected chi connectivity index (χ3v) is 4.70. The highest BCUT2D eigenvalue weighted by atomic mass is 32.2. The maximum absolute atomic E-state index is 10.8. The molecule has 6 heteroatoms. The molecule has 0 saturated carbocycles. The average Bonchev–Trinajstić information content (AvgIpc) is 2.49. The van der Waals surface area contributed by atoms with Crippen LogP contribution in [0.25, 0.3) is 0 Å². The number of piperidine rings is 1. The van der Waals surface area contributed by atoms with Crippen LogP contribution in [-0.2, 0) is 9.53 Å². The van der Waals surface area contributed by atoms with Crippen molar-refractivity contribution in [3.05, 3.63) is 0 Å². The predicted molar refractivity (Wildman–Crippen MR) is 85.3 cm³/mol. The molecule has 3 heterocycles. The van der Waals surface area contributed by atoms with Crippen LogP contribution in [-0.4, -0.2) is 62.3 Å². The zero-order valence-electron chi connectivity index (χ0n) is 13.0. The molecule has 3 fully saturated rings. The molecule has 3 aliphatic rings. The summed E-state index contributed by atoms with van der Waals surface area (Å²) in [4.78, 5) is 10.8. The van der Waals surface area contributed by atoms with E-state index in [1.54, 1.807) is 0 Å². The minimum atomic E-state index is -0.0602. The van der Waals surface area contributed by atoms with Crippen LogP contribution >= 0.6 is 11.8 Å². The van der Waals surface area contributed by atoms with Crippen LogP contribution in [0.15, 0.2) is 0 Å². The zero-order valence-corrected chi connectivity index (χ0v) is 13.8. The lowest BCUT2D eigenvalue weighted by atomic mass is 9.92. The molecule has 1 spiro atoms. The lowest BCUT2D eigenvalue weighted by Crippen LogP contribution is -2.73. The van der Waals surface area contributed by atoms with Gasteiger partial charge >= 0.3 is 0 Å². The Bertz CT molecular complexity index is 280. The van der Waals surface area contributed by atoms with E-state index in [1.165, 1.54) is 25.9 Å². The van der Waals surface area contributed by atoms with Gasteiger partial charge in [-0.25, -0.2) is 0 Å². The number of hydrogen-bond acceptors (Lipinski definition) is 5. The maximum Gasteiger partial charge on any atom is 0.246 e. The summed E-state index contributed by atoms with van der Waals surface area (Å²) >= 11 is 2.01. The second kappa shape index (κ2) is 9.60. The van der Waals surface area contributed by atoms with E-state index in [-0.39, 0.29) is 18.1 Å². The van der Waals surface area contributed by atoms with E-state index in [0.717, 1.165) is 18.3 Å². The van der Waals surface area contributed by atoms with Crippen LogP contribution in [0, 0.1) is 0 Å². The van der Waals surface area contributed by atoms with Gasteiger partial charge in [0.2, 0.25) is 5.91 Å². The molecular formula is C14H29N3O2S. The monoisotopic (exact) mass is 303 g/mol. The van der Waals surface area contributed by atoms with Crippen molar-refractivity contribution < 1.29 is 9.53 Å². The normalized spacial score (nSPS) is 24.4. The molecule has 20 heavy (non-hydrogen) atoms. The largest absolute Gasteiger partial charge is 0.369 e. The molecule has 3 N–H and O–H groups in total. The van der Waals surface area contributed by atoms with Crippen molar-refractivity contribution >= 4 is 17.7 Å². The van der Waals surface area contributed by atoms with Crippen LogP contribution < -0.4 is 16.0 Å². The third kappa shape index (κ3) is 5.60. The fraction of sp³-hybridized carbons (Fsp3) is 0.929. The first-order valence-corrected chi connectivity index (χ1v) is 8.86. The van der Waals surface area contributed by atoms with Crippen LogP contribution in [0.2, 0.25) is 0 Å². The topological polar surface area (TPSA) is 62.4 Å². The summed E-state index contributed by atoms with van der Waals surface area (Å²) in [6.45, 7) is 9.03. The summed E-state index contributed by atoms with van der Waals surface area (Å²) in [5.74, 6) is 0.00718. The number of carbonyl (C=O) groups excluding carboxylic acids is 1. The Balaban J connectivity index is 0.000000182. The van der Waals surface area contributed by atoms with Crippen molar-refractivity contribution in [1.29, 1.82) is 0 Å². The molecule has 3 saturated heterocycles. The van der Waals surface area contributed by atoms with Crippen molar-refractivity contribution in [3.63, 3.8) is 0 Å². The van der Waals surface area contributed by atoms with E-state index in [0.29, 0.717) is 6.61 Å². The summed E-state index contributed by atoms with van der Waals surface area (Å²) in [6.07, 6.45) is 4.93. The molecule has 3 rings (SSSR count). The first-order chi connectivity index (χ1) is 9.74. The highest BCUT2D eigenvalue weighted by molar-refractivity contribution is 7.99. The molecule has 0 aromatic rings. The highest BCUT2D eigenvalue weighted by Gasteiger charge is 2.41. The molecule has 0 bridgehead atoms. The predicted octanol–water partition coefficient (Wildman–Crippen LogP) is 0.602. The summed E-state index contributed by atoms with van der Waals surface area (Å²) in [7, 11) is 0. The van der Waals surface area contributed by atoms with Gasteiger partial charge in [0.25, 0.3) is 0 Å². The van der Waals surface area contributed by atoms with Gasteiger partial charge in [-0.15, -0.1) is 0 Å². The number of amides is 1. The van der Waals surface area contributed by atoms with Gasteiger partial charge in [0.05, 0.1) is 12.1 Å². The molecule has 0 aliphatic carbocycles. The van der Waals surface area contributed by atoms with Gasteiger partial charge in [-0.1, -0.05) is 13.8 Å². The van der Waals surface area contributed by atoms with Crippen molar-refractivity contribution in [1.82, 2.24) is 16.0 Å². The summed E-state index contributed by atoms with van der Waals surface area (Å²) < 4.78 is 5.09. The van der Waals surface area contributed by atoms with Crippen LogP contribution in [0.5, 0.6) is 0 Å². The second-order valence-corrected chi connectivity index (χ2v) is 6.25. The Morgan fingerprint density at radius 1 is 1.20 bits per heavy atom. The minimum Gasteiger partial charge on any atom is -0.369 e. The van der Waals surface area contributed by atoms with Crippen LogP contribution in [0.3, 0.4) is 0 Å². The van der Waals surface area contributed by atoms with E-state index in [4.69, 9.17) is 4.74 Å². The van der Waals surface area contributed by atoms with Gasteiger partial charge < -0.3 is 20.7 Å². The van der Waals surface area contributed by atoms with Crippen molar-refractivity contribution in [2.75, 3.05) is 45.6 Å². The van der Waals surface area contributed by atoms with Crippen LogP contribution in [0.4, 0.5) is 0 Å². The van der Waals surface area contributed by atoms with Crippen molar-refractivity contribution in [3.8, 4) is 0 Å². The van der Waals surface area contributed by atoms with Gasteiger partial charge in [-0.2, -0.15) is 11.8 Å². The Labute approximate surface area is 127 Å². The quantitative estimate of drug-likeness (QED) is 0.662. The summed E-state index contributed by atoms with van der Waals surface area (Å²) in [5, 5.41) is 10.3. The van der Waals surface area contributed by atoms with Gasteiger partial charge in [-0.3, -0.25) is 4.79 Å². The lowest BCUT2D eigenvalue weighted by Gasteiger charge is -2.45. The number of ether oxygens (including phenoxy) is 1. The molecule has 118 valence electrons. The Morgan fingerprint density at radius 2 is 1.85 bits per heavy atom. The van der Waals surface area contributed by atoms with Gasteiger partial charge in [0.1, 0.15) is 6.61 Å². The smallest absolute Gasteiger partial charge is 0.246 e. The Kier molecular flexibility index (Phi) is 8.52. The minimum absolute atomic E-state index is 0.00718. The number of hydrogen-bond donors (Lipinski definition) is 3. The highest BCUT2D eigenvalue weighted by Crippen LogP contribution is 2.16. The number of nitrogens with one attached hydrogen (secondary N) is 3. The number of morpholine rings is 1. The number of carbonyl (C=O) groups is 1. The average molecular weight is 303 g/mol. The third-order valence-electron chi connectivity index (χ3n) is 3.56. The Morgan fingerprint density at radius 3 is 2.20 bits per heavy atom. The SMILES string of the molecule is CC.CSC1CCNCC1.O=C1COCC2(CNC2)N1. The first-order valence-electron chi connectivity index (χ1n) is 7.57. The molecule has 0 aromatic heterocycles. The van der Waals surface area contributed by atoms with E-state index < -0.39 is 0 Å². The molecule has 3 aliphatic heterocycles. The standard InChI is InChI=1S/C6H10N2O2.C6H13NS.C2H6/c9-5-1-10-4-6(8-5)2-7-3-6;1-8-6-2-4-7-5-3-6;1-2/h7H,1-4H2,(H,8,9);6-7H,2-5H2,1H3;1-2H3. The molecule has 0 radical (unpaired) electrons. The van der Waals surface area contributed by atoms with Gasteiger partial charge in [-0.05, 0) is 32.2 Å². The summed E-state index contributed by atoms with van der Waals surface area (Å²) in [5.41, 5.74) is -0.0602. The zero-order chi connectivity index (χ0) is 14.8. The van der Waals surface area contributed by atoms with E-state index >= 15 is 0 Å². The lowest BCUT2D eigenvalue weighted by molar-refractivity contribution is -0.137. The fourth-order valence-corrected chi connectivity index (χ4v) is 3.06. The molecule has 5 nitrogen and oxygen atoms in total. The number of rotatable bonds is 1. The second-order valence-electron chi connectivity index (χ2n) is 5.11.